The van der Waals surface area contributed by atoms with Gasteiger partial charge in [-0.15, -0.1) is 0 Å². The normalized spacial score (nSPS) is 11.7. The van der Waals surface area contributed by atoms with E-state index in [4.69, 9.17) is 24.4 Å². The van der Waals surface area contributed by atoms with Crippen LogP contribution in [0.2, 0.25) is 0 Å². The molecular weight excluding hydrogens is 711 g/mol. The maximum atomic E-state index is 6.70. The summed E-state index contributed by atoms with van der Waals surface area (Å²) >= 11 is 0. The van der Waals surface area contributed by atoms with Crippen LogP contribution in [-0.2, 0) is 0 Å². The Balaban J connectivity index is 0.917. The maximum Gasteiger partial charge on any atom is 0.178 e. The van der Waals surface area contributed by atoms with Gasteiger partial charge in [0.25, 0.3) is 0 Å². The quantitative estimate of drug-likeness (QED) is 0.159. The Kier molecular flexibility index (Phi) is 8.07. The van der Waals surface area contributed by atoms with Gasteiger partial charge in [0.05, 0.1) is 0 Å². The molecule has 0 radical (unpaired) electrons. The van der Waals surface area contributed by atoms with Gasteiger partial charge < -0.3 is 9.47 Å². The van der Waals surface area contributed by atoms with E-state index in [0.29, 0.717) is 29.0 Å². The molecule has 0 aliphatic carbocycles. The largest absolute Gasteiger partial charge is 0.449 e. The van der Waals surface area contributed by atoms with E-state index in [0.717, 1.165) is 83.1 Å². The minimum atomic E-state index is 0.628. The molecule has 0 saturated carbocycles. The van der Waals surface area contributed by atoms with Gasteiger partial charge in [-0.2, -0.15) is 0 Å². The molecule has 0 atom stereocenters. The van der Waals surface area contributed by atoms with Gasteiger partial charge >= 0.3 is 0 Å². The smallest absolute Gasteiger partial charge is 0.178 e. The van der Waals surface area contributed by atoms with Crippen LogP contribution in [0.1, 0.15) is 0 Å². The molecule has 1 aliphatic heterocycles. The molecule has 0 saturated heterocycles. The van der Waals surface area contributed by atoms with Crippen LogP contribution in [0.15, 0.2) is 200 Å². The van der Waals surface area contributed by atoms with Crippen molar-refractivity contribution in [2.75, 3.05) is 0 Å². The molecule has 0 unspecified atom stereocenters. The number of rotatable bonds is 6. The molecule has 0 fully saturated rings. The number of benzene rings is 9. The van der Waals surface area contributed by atoms with Gasteiger partial charge in [-0.3, -0.25) is 0 Å². The van der Waals surface area contributed by atoms with Crippen molar-refractivity contribution < 1.29 is 9.47 Å². The number of aromatic nitrogens is 3. The summed E-state index contributed by atoms with van der Waals surface area (Å²) in [5.41, 5.74) is 9.35. The maximum absolute atomic E-state index is 6.70. The molecule has 5 heteroatoms. The first-order valence-corrected chi connectivity index (χ1v) is 19.3. The van der Waals surface area contributed by atoms with Gasteiger partial charge in [-0.1, -0.05) is 170 Å². The second-order valence-corrected chi connectivity index (χ2v) is 14.4. The minimum absolute atomic E-state index is 0.628. The third-order valence-corrected chi connectivity index (χ3v) is 10.8. The minimum Gasteiger partial charge on any atom is -0.449 e. The fraction of sp³-hybridized carbons (Fsp3) is 0. The van der Waals surface area contributed by atoms with Gasteiger partial charge in [0.1, 0.15) is 0 Å². The SMILES string of the molecule is c1ccc(-c2nc(-c3ccccc3)nc(-c3cccc(-c4cccc(-c5cccc(-c6ccc7c(c6)Oc6c(c8ccccc8c8ccccc68)O7)c5)c4)c3)n2)cc1. The molecule has 5 nitrogen and oxygen atoms in total. The zero-order valence-corrected chi connectivity index (χ0v) is 31.2. The van der Waals surface area contributed by atoms with Crippen molar-refractivity contribution >= 4 is 21.5 Å². The third-order valence-electron chi connectivity index (χ3n) is 10.8. The Morgan fingerprint density at radius 3 is 1.07 bits per heavy atom. The predicted octanol–water partition coefficient (Wildman–Crippen LogP) is 14.1. The van der Waals surface area contributed by atoms with Gasteiger partial charge in [-0.25, -0.2) is 15.0 Å². The van der Waals surface area contributed by atoms with Crippen LogP contribution in [0.4, 0.5) is 0 Å². The average molecular weight is 744 g/mol. The lowest BCUT2D eigenvalue weighted by Crippen LogP contribution is -2.01. The molecule has 1 aliphatic rings. The fourth-order valence-electron chi connectivity index (χ4n) is 7.88. The summed E-state index contributed by atoms with van der Waals surface area (Å²) in [6.07, 6.45) is 0. The molecule has 2 heterocycles. The highest BCUT2D eigenvalue weighted by molar-refractivity contribution is 6.14. The lowest BCUT2D eigenvalue weighted by molar-refractivity contribution is 0.367. The average Bonchev–Trinajstić information content (AvgIpc) is 3.31. The van der Waals surface area contributed by atoms with Gasteiger partial charge in [-0.05, 0) is 74.5 Å². The summed E-state index contributed by atoms with van der Waals surface area (Å²) < 4.78 is 13.3. The lowest BCUT2D eigenvalue weighted by atomic mass is 9.95. The second kappa shape index (κ2) is 14.0. The molecule has 11 rings (SSSR count). The van der Waals surface area contributed by atoms with Crippen molar-refractivity contribution in [3.8, 4) is 90.5 Å². The molecular formula is C53H33N3O2. The summed E-state index contributed by atoms with van der Waals surface area (Å²) in [5, 5.41) is 4.35. The highest BCUT2D eigenvalue weighted by Crippen LogP contribution is 2.53. The number of nitrogens with zero attached hydrogens (tertiary/aromatic N) is 3. The van der Waals surface area contributed by atoms with E-state index >= 15 is 0 Å². The zero-order chi connectivity index (χ0) is 38.4. The topological polar surface area (TPSA) is 57.1 Å². The fourth-order valence-corrected chi connectivity index (χ4v) is 7.88. The Labute approximate surface area is 335 Å². The third kappa shape index (κ3) is 6.03. The van der Waals surface area contributed by atoms with Crippen LogP contribution >= 0.6 is 0 Å². The van der Waals surface area contributed by atoms with Crippen molar-refractivity contribution in [1.82, 2.24) is 15.0 Å². The first kappa shape index (κ1) is 33.4. The number of hydrogen-bond donors (Lipinski definition) is 0. The van der Waals surface area contributed by atoms with E-state index in [1.54, 1.807) is 0 Å². The van der Waals surface area contributed by atoms with Crippen molar-refractivity contribution in [3.63, 3.8) is 0 Å². The molecule has 0 spiro atoms. The molecule has 0 bridgehead atoms. The van der Waals surface area contributed by atoms with Crippen molar-refractivity contribution in [3.05, 3.63) is 200 Å². The first-order valence-electron chi connectivity index (χ1n) is 19.3. The summed E-state index contributed by atoms with van der Waals surface area (Å²) in [4.78, 5) is 14.8. The number of ether oxygens (including phenoxy) is 2. The van der Waals surface area contributed by atoms with Crippen molar-refractivity contribution in [2.45, 2.75) is 0 Å². The number of hydrogen-bond acceptors (Lipinski definition) is 5. The van der Waals surface area contributed by atoms with Crippen molar-refractivity contribution in [2.24, 2.45) is 0 Å². The first-order chi connectivity index (χ1) is 28.7. The summed E-state index contributed by atoms with van der Waals surface area (Å²) in [7, 11) is 0. The Bertz CT molecular complexity index is 3120. The number of fused-ring (bicyclic) bond motifs is 7. The van der Waals surface area contributed by atoms with Crippen LogP contribution < -0.4 is 9.47 Å². The van der Waals surface area contributed by atoms with Crippen molar-refractivity contribution in [1.29, 1.82) is 0 Å². The summed E-state index contributed by atoms with van der Waals surface area (Å²) in [6, 6.07) is 68.7. The zero-order valence-electron chi connectivity index (χ0n) is 31.2. The van der Waals surface area contributed by atoms with E-state index in [1.165, 1.54) is 0 Å². The Morgan fingerprint density at radius 2 is 0.586 bits per heavy atom. The molecule has 1 aromatic heterocycles. The highest BCUT2D eigenvalue weighted by Gasteiger charge is 2.25. The lowest BCUT2D eigenvalue weighted by Gasteiger charge is -2.24. The predicted molar refractivity (Wildman–Crippen MR) is 234 cm³/mol. The van der Waals surface area contributed by atoms with E-state index in [1.807, 2.05) is 78.9 Å². The van der Waals surface area contributed by atoms with Gasteiger partial charge in [0.2, 0.25) is 0 Å². The highest BCUT2D eigenvalue weighted by atomic mass is 16.6. The van der Waals surface area contributed by atoms with Crippen LogP contribution in [-0.4, -0.2) is 15.0 Å². The van der Waals surface area contributed by atoms with Crippen LogP contribution in [0, 0.1) is 0 Å². The Hall–Kier alpha value is -7.89. The summed E-state index contributed by atoms with van der Waals surface area (Å²) in [6.45, 7) is 0. The second-order valence-electron chi connectivity index (χ2n) is 14.4. The van der Waals surface area contributed by atoms with Crippen LogP contribution in [0.5, 0.6) is 23.0 Å². The summed E-state index contributed by atoms with van der Waals surface area (Å²) in [5.74, 6) is 4.81. The van der Waals surface area contributed by atoms with Gasteiger partial charge in [0.15, 0.2) is 40.5 Å². The van der Waals surface area contributed by atoms with E-state index < -0.39 is 0 Å². The monoisotopic (exact) mass is 743 g/mol. The molecule has 10 aromatic rings. The molecule has 0 amide bonds. The van der Waals surface area contributed by atoms with Gasteiger partial charge in [0, 0.05) is 27.5 Å². The molecule has 9 aromatic carbocycles. The Morgan fingerprint density at radius 1 is 0.241 bits per heavy atom. The standard InChI is InChI=1S/C53H33N3O2/c1-3-14-34(15-4-1)51-54-52(35-16-5-2-6-17-35)56-53(55-51)42-23-13-22-40(32-42)38-20-11-18-36(30-38)37-19-12-21-39(31-37)41-28-29-47-48(33-41)58-50-46-27-10-8-25-44(46)43-24-7-9-26-45(43)49(50)57-47/h1-33H. The molecule has 58 heavy (non-hydrogen) atoms. The van der Waals surface area contributed by atoms with Crippen LogP contribution in [0.25, 0.3) is 89.1 Å². The molecule has 272 valence electrons. The van der Waals surface area contributed by atoms with E-state index in [2.05, 4.69) is 121 Å². The molecule has 0 N–H and O–H groups in total. The van der Waals surface area contributed by atoms with E-state index in [-0.39, 0.29) is 0 Å². The van der Waals surface area contributed by atoms with Crippen LogP contribution in [0.3, 0.4) is 0 Å². The van der Waals surface area contributed by atoms with E-state index in [9.17, 15) is 0 Å².